The maximum atomic E-state index is 10.00. The summed E-state index contributed by atoms with van der Waals surface area (Å²) >= 11 is -1.12. The second-order valence-electron chi connectivity index (χ2n) is 1.06. The van der Waals surface area contributed by atoms with Crippen LogP contribution in [0.5, 0.6) is 0 Å². The van der Waals surface area contributed by atoms with Crippen molar-refractivity contribution < 1.29 is 4.55 Å². The van der Waals surface area contributed by atoms with Gasteiger partial charge in [0, 0.05) is 12.0 Å². The molecule has 0 fully saturated rings. The maximum absolute atomic E-state index is 10.00. The molecule has 0 N–H and O–H groups in total. The molecular weight excluding hydrogens is 84.1 g/mol. The highest BCUT2D eigenvalue weighted by atomic mass is 32.2. The van der Waals surface area contributed by atoms with Crippen molar-refractivity contribution in [3.05, 3.63) is 0 Å². The molecule has 0 unspecified atom stereocenters. The van der Waals surface area contributed by atoms with Crippen molar-refractivity contribution in [3.63, 3.8) is 0 Å². The average molecular weight is 94.2 g/mol. The fourth-order valence-corrected chi connectivity index (χ4v) is 0. The third-order valence-electron chi connectivity index (χ3n) is 0.498. The predicted molar refractivity (Wildman–Crippen MR) is 27.4 cm³/mol. The average Bonchev–Trinajstić information content (AvgIpc) is 1.38. The monoisotopic (exact) mass is 94.0 g/mol. The summed E-state index contributed by atoms with van der Waals surface area (Å²) < 4.78 is 10.00. The molecule has 0 aliphatic rings. The quantitative estimate of drug-likeness (QED) is 0.414. The van der Waals surface area contributed by atoms with Crippen molar-refractivity contribution in [2.45, 2.75) is 6.92 Å². The normalized spacial score (nSPS) is 11.4. The van der Waals surface area contributed by atoms with Gasteiger partial charge in [0.15, 0.2) is 0 Å². The van der Waals surface area contributed by atoms with Crippen LogP contribution in [-0.4, -0.2) is 16.6 Å². The van der Waals surface area contributed by atoms with Crippen LogP contribution < -0.4 is 0 Å². The summed E-state index contributed by atoms with van der Waals surface area (Å²) in [6.45, 7) is 1.93. The number of hydrogen-bond donors (Lipinski definition) is 0. The standard InChI is InChI=1S/C3H10OS/c1-3-5(2)4/h3,5H2,1-2H3. The first-order chi connectivity index (χ1) is 2.27. The molecule has 0 aliphatic heterocycles. The van der Waals surface area contributed by atoms with E-state index in [-0.39, 0.29) is 0 Å². The topological polar surface area (TPSA) is 23.1 Å². The van der Waals surface area contributed by atoms with Crippen molar-refractivity contribution in [1.29, 1.82) is 0 Å². The Bertz CT molecular complexity index is 20.9. The van der Waals surface area contributed by atoms with Gasteiger partial charge in [0.05, 0.1) is 0 Å². The van der Waals surface area contributed by atoms with Crippen molar-refractivity contribution in [3.8, 4) is 0 Å². The van der Waals surface area contributed by atoms with E-state index in [1.165, 1.54) is 0 Å². The van der Waals surface area contributed by atoms with E-state index in [1.807, 2.05) is 6.92 Å². The van der Waals surface area contributed by atoms with E-state index in [1.54, 1.807) is 6.26 Å². The maximum Gasteiger partial charge on any atom is 0.0316 e. The molecule has 0 rings (SSSR count). The SMILES string of the molecule is CC[SH2+](C)[O-]. The van der Waals surface area contributed by atoms with Gasteiger partial charge in [-0.05, 0) is 6.92 Å². The van der Waals surface area contributed by atoms with E-state index in [4.69, 9.17) is 0 Å². The van der Waals surface area contributed by atoms with Crippen LogP contribution in [0.2, 0.25) is 0 Å². The molecule has 0 amide bonds. The molecule has 0 aromatic rings. The lowest BCUT2D eigenvalue weighted by molar-refractivity contribution is 0.602. The van der Waals surface area contributed by atoms with E-state index in [9.17, 15) is 4.55 Å². The van der Waals surface area contributed by atoms with Gasteiger partial charge in [-0.25, -0.2) is 0 Å². The van der Waals surface area contributed by atoms with Crippen LogP contribution >= 0.6 is 0 Å². The molecule has 0 saturated carbocycles. The Morgan fingerprint density at radius 1 is 1.80 bits per heavy atom. The van der Waals surface area contributed by atoms with Gasteiger partial charge in [-0.1, -0.05) is 0 Å². The summed E-state index contributed by atoms with van der Waals surface area (Å²) in [5.41, 5.74) is 0. The molecule has 1 nitrogen and oxygen atoms in total. The Morgan fingerprint density at radius 3 is 2.00 bits per heavy atom. The third-order valence-corrected chi connectivity index (χ3v) is 1.49. The fraction of sp³-hybridized carbons (Fsp3) is 1.00. The molecule has 0 spiro atoms. The molecule has 0 atom stereocenters. The molecule has 0 aliphatic carbocycles. The van der Waals surface area contributed by atoms with Gasteiger partial charge < -0.3 is 15.7 Å². The molecule has 2 heteroatoms. The smallest absolute Gasteiger partial charge is 0.0316 e. The van der Waals surface area contributed by atoms with Crippen molar-refractivity contribution in [2.24, 2.45) is 0 Å². The summed E-state index contributed by atoms with van der Waals surface area (Å²) in [6, 6.07) is 0. The predicted octanol–water partition coefficient (Wildman–Crippen LogP) is -0.151. The lowest BCUT2D eigenvalue weighted by Crippen LogP contribution is -1.96. The molecule has 34 valence electrons. The largest absolute Gasteiger partial charge is 0.689 e. The summed E-state index contributed by atoms with van der Waals surface area (Å²) in [6.07, 6.45) is 1.77. The Hall–Kier alpha value is 0.310. The van der Waals surface area contributed by atoms with E-state index >= 15 is 0 Å². The Morgan fingerprint density at radius 2 is 2.00 bits per heavy atom. The Labute approximate surface area is 35.6 Å². The van der Waals surface area contributed by atoms with Crippen LogP contribution in [0, 0.1) is 0 Å². The minimum atomic E-state index is -1.12. The van der Waals surface area contributed by atoms with Gasteiger partial charge >= 0.3 is 0 Å². The summed E-state index contributed by atoms with van der Waals surface area (Å²) in [5.74, 6) is 0.852. The zero-order chi connectivity index (χ0) is 4.28. The minimum absolute atomic E-state index is 0.852. The van der Waals surface area contributed by atoms with Crippen molar-refractivity contribution in [1.82, 2.24) is 0 Å². The fourth-order valence-electron chi connectivity index (χ4n) is 0. The van der Waals surface area contributed by atoms with Gasteiger partial charge in [-0.2, -0.15) is 0 Å². The number of rotatable bonds is 1. The lowest BCUT2D eigenvalue weighted by Gasteiger charge is -2.10. The van der Waals surface area contributed by atoms with Gasteiger partial charge in [-0.15, -0.1) is 0 Å². The number of hydrogen-bond acceptors (Lipinski definition) is 1. The van der Waals surface area contributed by atoms with E-state index in [0.717, 1.165) is 5.75 Å². The summed E-state index contributed by atoms with van der Waals surface area (Å²) in [7, 11) is 0. The first-order valence-corrected chi connectivity index (χ1v) is 3.88. The van der Waals surface area contributed by atoms with E-state index < -0.39 is 11.2 Å². The highest BCUT2D eigenvalue weighted by Gasteiger charge is 1.67. The molecule has 0 radical (unpaired) electrons. The molecule has 5 heavy (non-hydrogen) atoms. The van der Waals surface area contributed by atoms with Crippen LogP contribution in [0.15, 0.2) is 0 Å². The van der Waals surface area contributed by atoms with Crippen LogP contribution in [0.25, 0.3) is 0 Å². The van der Waals surface area contributed by atoms with Crippen molar-refractivity contribution in [2.75, 3.05) is 12.0 Å². The molecule has 0 aromatic carbocycles. The van der Waals surface area contributed by atoms with Crippen LogP contribution in [0.4, 0.5) is 0 Å². The van der Waals surface area contributed by atoms with Crippen LogP contribution in [0.1, 0.15) is 6.92 Å². The molecule has 0 saturated heterocycles. The lowest BCUT2D eigenvalue weighted by atomic mass is 11.0. The molecule has 0 bridgehead atoms. The van der Waals surface area contributed by atoms with Gasteiger partial charge in [0.25, 0.3) is 0 Å². The minimum Gasteiger partial charge on any atom is -0.689 e. The second kappa shape index (κ2) is 2.54. The highest BCUT2D eigenvalue weighted by Crippen LogP contribution is 1.75. The van der Waals surface area contributed by atoms with E-state index in [0.29, 0.717) is 0 Å². The summed E-state index contributed by atoms with van der Waals surface area (Å²) in [4.78, 5) is 0. The van der Waals surface area contributed by atoms with Crippen LogP contribution in [0.3, 0.4) is 0 Å². The van der Waals surface area contributed by atoms with Gasteiger partial charge in [0.2, 0.25) is 0 Å². The third kappa shape index (κ3) is 4.31. The molecular formula is C3H10OS. The molecule has 0 aromatic heterocycles. The van der Waals surface area contributed by atoms with Gasteiger partial charge in [0.1, 0.15) is 0 Å². The first-order valence-electron chi connectivity index (χ1n) is 1.76. The second-order valence-corrected chi connectivity index (χ2v) is 3.17. The zero-order valence-electron chi connectivity index (χ0n) is 3.62. The zero-order valence-corrected chi connectivity index (χ0v) is 4.62. The highest BCUT2D eigenvalue weighted by molar-refractivity contribution is 7.90. The molecule has 0 heterocycles. The van der Waals surface area contributed by atoms with Gasteiger partial charge in [-0.3, -0.25) is 0 Å². The van der Waals surface area contributed by atoms with Crippen molar-refractivity contribution >= 4 is 11.2 Å². The first kappa shape index (κ1) is 5.31. The Balaban J connectivity index is 2.54. The summed E-state index contributed by atoms with van der Waals surface area (Å²) in [5, 5.41) is 0. The van der Waals surface area contributed by atoms with Crippen LogP contribution in [-0.2, 0) is 11.2 Å². The van der Waals surface area contributed by atoms with E-state index in [2.05, 4.69) is 0 Å². The Kier molecular flexibility index (Phi) is 2.70.